The molecule has 1 aliphatic heterocycles. The van der Waals surface area contributed by atoms with E-state index in [0.29, 0.717) is 6.61 Å². The first-order valence-electron chi connectivity index (χ1n) is 5.93. The van der Waals surface area contributed by atoms with Gasteiger partial charge in [0.05, 0.1) is 25.5 Å². The van der Waals surface area contributed by atoms with E-state index in [0.717, 1.165) is 17.8 Å². The van der Waals surface area contributed by atoms with Crippen molar-refractivity contribution >= 4 is 6.21 Å². The van der Waals surface area contributed by atoms with Gasteiger partial charge in [-0.05, 0) is 30.6 Å². The number of oxime groups is 1. The van der Waals surface area contributed by atoms with Gasteiger partial charge in [0.25, 0.3) is 0 Å². The zero-order valence-corrected chi connectivity index (χ0v) is 10.5. The Morgan fingerprint density at radius 2 is 2.29 bits per heavy atom. The smallest absolute Gasteiger partial charge is 0.104 e. The van der Waals surface area contributed by atoms with E-state index < -0.39 is 0 Å². The molecule has 0 amide bonds. The summed E-state index contributed by atoms with van der Waals surface area (Å²) in [7, 11) is 0. The molecular weight excluding hydrogens is 218 g/mol. The number of epoxide rings is 1. The van der Waals surface area contributed by atoms with Crippen molar-refractivity contribution in [2.24, 2.45) is 11.1 Å². The molecule has 0 aromatic rings. The minimum absolute atomic E-state index is 0.0518. The molecule has 17 heavy (non-hydrogen) atoms. The number of hydrogen-bond donors (Lipinski definition) is 1. The number of hydrogen-bond acceptors (Lipinski definition) is 4. The average molecular weight is 237 g/mol. The van der Waals surface area contributed by atoms with Crippen molar-refractivity contribution in [3.63, 3.8) is 0 Å². The maximum atomic E-state index is 8.69. The van der Waals surface area contributed by atoms with Gasteiger partial charge < -0.3 is 14.7 Å². The topological polar surface area (TPSA) is 54.4 Å². The molecule has 0 aromatic carbocycles. The largest absolute Gasteiger partial charge is 0.411 e. The second-order valence-corrected chi connectivity index (χ2v) is 4.77. The van der Waals surface area contributed by atoms with Crippen LogP contribution in [0.5, 0.6) is 0 Å². The van der Waals surface area contributed by atoms with E-state index in [1.54, 1.807) is 0 Å². The van der Waals surface area contributed by atoms with Crippen molar-refractivity contribution in [3.8, 4) is 0 Å². The number of ether oxygens (including phenoxy) is 2. The Kier molecular flexibility index (Phi) is 3.64. The lowest BCUT2D eigenvalue weighted by Gasteiger charge is -2.30. The van der Waals surface area contributed by atoms with Crippen LogP contribution >= 0.6 is 0 Å². The molecular formula is C13H19NO3. The van der Waals surface area contributed by atoms with Crippen molar-refractivity contribution in [1.82, 2.24) is 0 Å². The number of nitrogens with zero attached hydrogens (tertiary/aromatic N) is 1. The van der Waals surface area contributed by atoms with E-state index >= 15 is 0 Å². The van der Waals surface area contributed by atoms with Gasteiger partial charge in [0, 0.05) is 5.92 Å². The Hall–Kier alpha value is -1.13. The molecule has 4 nitrogen and oxygen atoms in total. The fraction of sp³-hybridized carbons (Fsp3) is 0.615. The molecule has 2 aliphatic rings. The fourth-order valence-corrected chi connectivity index (χ4v) is 2.36. The summed E-state index contributed by atoms with van der Waals surface area (Å²) in [6.45, 7) is 7.64. The molecule has 0 aromatic heterocycles. The van der Waals surface area contributed by atoms with Crippen LogP contribution < -0.4 is 0 Å². The summed E-state index contributed by atoms with van der Waals surface area (Å²) in [5, 5.41) is 11.8. The maximum absolute atomic E-state index is 8.69. The third kappa shape index (κ3) is 2.76. The normalized spacial score (nSPS) is 33.1. The molecule has 1 aliphatic carbocycles. The van der Waals surface area contributed by atoms with Gasteiger partial charge in [-0.2, -0.15) is 0 Å². The molecule has 1 fully saturated rings. The maximum Gasteiger partial charge on any atom is 0.104 e. The van der Waals surface area contributed by atoms with Crippen LogP contribution in [0.1, 0.15) is 20.8 Å². The minimum atomic E-state index is 0.0518. The van der Waals surface area contributed by atoms with Crippen molar-refractivity contribution in [2.45, 2.75) is 33.0 Å². The number of rotatable bonds is 4. The van der Waals surface area contributed by atoms with Crippen LogP contribution in [0.4, 0.5) is 0 Å². The highest BCUT2D eigenvalue weighted by atomic mass is 16.6. The highest BCUT2D eigenvalue weighted by molar-refractivity contribution is 5.81. The van der Waals surface area contributed by atoms with Crippen LogP contribution in [0.15, 0.2) is 28.0 Å². The van der Waals surface area contributed by atoms with Gasteiger partial charge in [0.2, 0.25) is 0 Å². The van der Waals surface area contributed by atoms with Crippen molar-refractivity contribution in [3.05, 3.63) is 22.8 Å². The summed E-state index contributed by atoms with van der Waals surface area (Å²) in [6.07, 6.45) is 3.93. The Balaban J connectivity index is 2.10. The predicted molar refractivity (Wildman–Crippen MR) is 65.4 cm³/mol. The lowest BCUT2D eigenvalue weighted by atomic mass is 9.83. The molecule has 1 saturated heterocycles. The van der Waals surface area contributed by atoms with Gasteiger partial charge >= 0.3 is 0 Å². The van der Waals surface area contributed by atoms with E-state index in [1.165, 1.54) is 11.8 Å². The quantitative estimate of drug-likeness (QED) is 0.353. The highest BCUT2D eigenvalue weighted by Crippen LogP contribution is 2.31. The minimum Gasteiger partial charge on any atom is -0.411 e. The Labute approximate surface area is 102 Å². The van der Waals surface area contributed by atoms with Crippen LogP contribution in [0.3, 0.4) is 0 Å². The summed E-state index contributed by atoms with van der Waals surface area (Å²) < 4.78 is 11.0. The summed E-state index contributed by atoms with van der Waals surface area (Å²) in [4.78, 5) is 0. The zero-order chi connectivity index (χ0) is 12.4. The van der Waals surface area contributed by atoms with E-state index in [4.69, 9.17) is 14.7 Å². The summed E-state index contributed by atoms with van der Waals surface area (Å²) in [6, 6.07) is 0. The molecule has 2 rings (SSSR count). The average Bonchev–Trinajstić information content (AvgIpc) is 3.07. The van der Waals surface area contributed by atoms with Crippen LogP contribution in [0.25, 0.3) is 0 Å². The zero-order valence-electron chi connectivity index (χ0n) is 10.5. The van der Waals surface area contributed by atoms with Crippen molar-refractivity contribution < 1.29 is 14.7 Å². The first-order valence-corrected chi connectivity index (χ1v) is 5.93. The van der Waals surface area contributed by atoms with Crippen LogP contribution in [0.2, 0.25) is 0 Å². The molecule has 0 bridgehead atoms. The van der Waals surface area contributed by atoms with Crippen LogP contribution in [-0.2, 0) is 9.47 Å². The van der Waals surface area contributed by atoms with Gasteiger partial charge in [-0.3, -0.25) is 0 Å². The molecule has 3 unspecified atom stereocenters. The highest BCUT2D eigenvalue weighted by Gasteiger charge is 2.30. The second kappa shape index (κ2) is 5.02. The van der Waals surface area contributed by atoms with E-state index in [2.05, 4.69) is 25.1 Å². The van der Waals surface area contributed by atoms with Gasteiger partial charge in [0.15, 0.2) is 0 Å². The van der Waals surface area contributed by atoms with Crippen molar-refractivity contribution in [1.29, 1.82) is 0 Å². The summed E-state index contributed by atoms with van der Waals surface area (Å²) in [5.41, 5.74) is 3.38. The molecule has 0 saturated carbocycles. The number of allylic oxidation sites excluding steroid dienone is 2. The summed E-state index contributed by atoms with van der Waals surface area (Å²) >= 11 is 0. The van der Waals surface area contributed by atoms with Crippen LogP contribution in [-0.4, -0.2) is 36.8 Å². The molecule has 4 heteroatoms. The second-order valence-electron chi connectivity index (χ2n) is 4.77. The molecule has 0 spiro atoms. The molecule has 0 radical (unpaired) electrons. The summed E-state index contributed by atoms with van der Waals surface area (Å²) in [5.74, 6) is 0.203. The lowest BCUT2D eigenvalue weighted by Crippen LogP contribution is -2.30. The van der Waals surface area contributed by atoms with Crippen molar-refractivity contribution in [2.75, 3.05) is 13.2 Å². The first kappa shape index (κ1) is 12.3. The molecule has 1 heterocycles. The van der Waals surface area contributed by atoms with E-state index in [1.807, 2.05) is 6.92 Å². The molecule has 3 atom stereocenters. The Bertz CT molecular complexity index is 380. The standard InChI is InChI=1S/C13H19NO3/c1-8-4-9(2)13(17-7-11-6-16-11)10(3)12(8)5-14-15/h4-5,10-11,13,15H,6-7H2,1-3H3/b14-5+. The molecule has 94 valence electrons. The third-order valence-electron chi connectivity index (χ3n) is 3.35. The predicted octanol–water partition coefficient (Wildman–Crippen LogP) is 2.14. The first-order chi connectivity index (χ1) is 8.13. The van der Waals surface area contributed by atoms with E-state index in [9.17, 15) is 0 Å². The monoisotopic (exact) mass is 237 g/mol. The molecule has 1 N–H and O–H groups in total. The Morgan fingerprint density at radius 3 is 2.88 bits per heavy atom. The lowest BCUT2D eigenvalue weighted by molar-refractivity contribution is 0.0416. The van der Waals surface area contributed by atoms with E-state index in [-0.39, 0.29) is 18.1 Å². The fourth-order valence-electron chi connectivity index (χ4n) is 2.36. The van der Waals surface area contributed by atoms with Gasteiger partial charge in [-0.1, -0.05) is 18.2 Å². The van der Waals surface area contributed by atoms with Gasteiger partial charge in [-0.25, -0.2) is 0 Å². The Morgan fingerprint density at radius 1 is 1.59 bits per heavy atom. The SMILES string of the molecule is CC1=CC(C)=C(/C=N/O)C(C)C1OCC1CO1. The van der Waals surface area contributed by atoms with Gasteiger partial charge in [-0.15, -0.1) is 0 Å². The third-order valence-corrected chi connectivity index (χ3v) is 3.35. The van der Waals surface area contributed by atoms with Crippen LogP contribution in [0, 0.1) is 5.92 Å². The van der Waals surface area contributed by atoms with Gasteiger partial charge in [0.1, 0.15) is 6.10 Å².